The second-order valence-electron chi connectivity index (χ2n) is 11.9. The molecule has 2 aromatic rings. The van der Waals surface area contributed by atoms with Crippen molar-refractivity contribution in [3.8, 4) is 5.75 Å². The highest BCUT2D eigenvalue weighted by atomic mass is 16.6. The van der Waals surface area contributed by atoms with E-state index in [-0.39, 0.29) is 39.1 Å². The molecule has 0 bridgehead atoms. The summed E-state index contributed by atoms with van der Waals surface area (Å²) in [6.45, 7) is 5.19. The van der Waals surface area contributed by atoms with Gasteiger partial charge in [-0.05, 0) is 63.3 Å². The molecule has 1 saturated heterocycles. The SMILES string of the molecule is COc1ccc(C[C@H](NC(=O)OCc2ccccc2)C(=O)N2CCN(CC(=O)O)C(=O)[C@@H]2CCCCNC(=O)OC(C)(C)C)cc1. The first-order valence-corrected chi connectivity index (χ1v) is 15.2. The molecule has 3 rings (SSSR count). The van der Waals surface area contributed by atoms with E-state index in [2.05, 4.69) is 10.6 Å². The molecule has 250 valence electrons. The average Bonchev–Trinajstić information content (AvgIpc) is 3.00. The van der Waals surface area contributed by atoms with E-state index in [9.17, 15) is 29.1 Å². The van der Waals surface area contributed by atoms with Gasteiger partial charge in [-0.3, -0.25) is 14.4 Å². The fraction of sp³-hybridized carbons (Fsp3) is 0.485. The van der Waals surface area contributed by atoms with Gasteiger partial charge in [0.2, 0.25) is 11.8 Å². The van der Waals surface area contributed by atoms with Gasteiger partial charge in [0.25, 0.3) is 0 Å². The number of ether oxygens (including phenoxy) is 3. The predicted molar refractivity (Wildman–Crippen MR) is 168 cm³/mol. The Morgan fingerprint density at radius 2 is 1.65 bits per heavy atom. The summed E-state index contributed by atoms with van der Waals surface area (Å²) in [5.74, 6) is -1.51. The monoisotopic (exact) mass is 640 g/mol. The number of rotatable bonds is 14. The Labute approximate surface area is 269 Å². The van der Waals surface area contributed by atoms with E-state index in [4.69, 9.17) is 14.2 Å². The maximum absolute atomic E-state index is 14.1. The molecule has 0 aromatic heterocycles. The van der Waals surface area contributed by atoms with Gasteiger partial charge in [-0.25, -0.2) is 9.59 Å². The minimum absolute atomic E-state index is 0.00240. The Balaban J connectivity index is 1.75. The van der Waals surface area contributed by atoms with E-state index < -0.39 is 54.2 Å². The van der Waals surface area contributed by atoms with Crippen LogP contribution in [0, 0.1) is 0 Å². The number of carbonyl (C=O) groups is 5. The molecule has 4 amide bonds. The lowest BCUT2D eigenvalue weighted by Crippen LogP contribution is -2.63. The molecule has 1 aliphatic rings. The van der Waals surface area contributed by atoms with Gasteiger partial charge in [0.15, 0.2) is 0 Å². The second-order valence-corrected chi connectivity index (χ2v) is 11.9. The van der Waals surface area contributed by atoms with Crippen LogP contribution in [0.15, 0.2) is 54.6 Å². The van der Waals surface area contributed by atoms with Crippen molar-refractivity contribution in [3.05, 3.63) is 65.7 Å². The largest absolute Gasteiger partial charge is 0.497 e. The molecule has 1 aliphatic heterocycles. The van der Waals surface area contributed by atoms with Gasteiger partial charge in [-0.2, -0.15) is 0 Å². The number of methoxy groups -OCH3 is 1. The van der Waals surface area contributed by atoms with Crippen LogP contribution in [-0.4, -0.2) is 95.9 Å². The molecule has 1 heterocycles. The number of piperazine rings is 1. The van der Waals surface area contributed by atoms with Crippen molar-refractivity contribution in [1.29, 1.82) is 0 Å². The lowest BCUT2D eigenvalue weighted by Gasteiger charge is -2.41. The van der Waals surface area contributed by atoms with Crippen molar-refractivity contribution in [2.75, 3.05) is 33.3 Å². The Bertz CT molecular complexity index is 1330. The molecule has 3 N–H and O–H groups in total. The van der Waals surface area contributed by atoms with Crippen molar-refractivity contribution < 1.29 is 43.3 Å². The minimum Gasteiger partial charge on any atom is -0.497 e. The lowest BCUT2D eigenvalue weighted by molar-refractivity contribution is -0.156. The molecular weight excluding hydrogens is 596 g/mol. The van der Waals surface area contributed by atoms with E-state index in [0.717, 1.165) is 11.1 Å². The van der Waals surface area contributed by atoms with E-state index in [1.165, 1.54) is 9.80 Å². The first kappa shape index (κ1) is 35.7. The van der Waals surface area contributed by atoms with Crippen LogP contribution in [0.2, 0.25) is 0 Å². The Morgan fingerprint density at radius 1 is 0.957 bits per heavy atom. The number of nitrogens with one attached hydrogen (secondary N) is 2. The number of hydrogen-bond acceptors (Lipinski definition) is 8. The number of carbonyl (C=O) groups excluding carboxylic acids is 4. The predicted octanol–water partition coefficient (Wildman–Crippen LogP) is 3.35. The summed E-state index contributed by atoms with van der Waals surface area (Å²) in [5.41, 5.74) is 0.873. The minimum atomic E-state index is -1.16. The molecule has 1 fully saturated rings. The van der Waals surface area contributed by atoms with Crippen molar-refractivity contribution in [2.24, 2.45) is 0 Å². The van der Waals surface area contributed by atoms with Crippen LogP contribution in [-0.2, 0) is 36.9 Å². The number of alkyl carbamates (subject to hydrolysis) is 2. The van der Waals surface area contributed by atoms with Crippen molar-refractivity contribution in [2.45, 2.75) is 70.7 Å². The van der Waals surface area contributed by atoms with Crippen LogP contribution in [0.5, 0.6) is 5.75 Å². The lowest BCUT2D eigenvalue weighted by atomic mass is 9.99. The van der Waals surface area contributed by atoms with Crippen LogP contribution in [0.1, 0.15) is 51.2 Å². The molecule has 2 aromatic carbocycles. The standard InChI is InChI=1S/C33H44N4O9/c1-33(2,3)46-31(42)34-17-9-8-12-27-30(41)36(21-28(38)39)18-19-37(27)29(40)26(20-23-13-15-25(44-4)16-14-23)35-32(43)45-22-24-10-6-5-7-11-24/h5-7,10-11,13-16,26-27H,8-9,12,17-22H2,1-4H3,(H,34,42)(H,35,43)(H,38,39)/t26-,27-/m0/s1. The highest BCUT2D eigenvalue weighted by molar-refractivity contribution is 5.93. The Hall–Kier alpha value is -4.81. The Kier molecular flexibility index (Phi) is 13.2. The van der Waals surface area contributed by atoms with Gasteiger partial charge in [-0.1, -0.05) is 42.5 Å². The van der Waals surface area contributed by atoms with E-state index in [1.54, 1.807) is 52.1 Å². The van der Waals surface area contributed by atoms with Crippen molar-refractivity contribution in [1.82, 2.24) is 20.4 Å². The number of carboxylic acid groups (broad SMARTS) is 1. The molecule has 0 spiro atoms. The van der Waals surface area contributed by atoms with Crippen molar-refractivity contribution in [3.63, 3.8) is 0 Å². The first-order valence-electron chi connectivity index (χ1n) is 15.2. The van der Waals surface area contributed by atoms with E-state index in [1.807, 2.05) is 30.3 Å². The van der Waals surface area contributed by atoms with E-state index in [0.29, 0.717) is 18.6 Å². The molecule has 0 saturated carbocycles. The maximum Gasteiger partial charge on any atom is 0.408 e. The van der Waals surface area contributed by atoms with Gasteiger partial charge >= 0.3 is 18.2 Å². The van der Waals surface area contributed by atoms with Gasteiger partial charge in [0.1, 0.15) is 36.6 Å². The average molecular weight is 641 g/mol. The number of nitrogens with zero attached hydrogens (tertiary/aromatic N) is 2. The molecule has 2 atom stereocenters. The third kappa shape index (κ3) is 11.6. The quantitative estimate of drug-likeness (QED) is 0.263. The van der Waals surface area contributed by atoms with E-state index >= 15 is 0 Å². The molecule has 0 aliphatic carbocycles. The van der Waals surface area contributed by atoms with Crippen LogP contribution >= 0.6 is 0 Å². The molecule has 46 heavy (non-hydrogen) atoms. The number of carboxylic acids is 1. The van der Waals surface area contributed by atoms with Gasteiger partial charge < -0.3 is 39.8 Å². The number of unbranched alkanes of at least 4 members (excludes halogenated alkanes) is 1. The maximum atomic E-state index is 14.1. The fourth-order valence-electron chi connectivity index (χ4n) is 4.97. The zero-order valence-corrected chi connectivity index (χ0v) is 26.8. The summed E-state index contributed by atoms with van der Waals surface area (Å²) in [6, 6.07) is 14.1. The number of aliphatic carboxylic acids is 1. The van der Waals surface area contributed by atoms with Gasteiger partial charge in [-0.15, -0.1) is 0 Å². The van der Waals surface area contributed by atoms with Gasteiger partial charge in [0, 0.05) is 26.1 Å². The molecular formula is C33H44N4O9. The zero-order chi connectivity index (χ0) is 33.7. The normalized spacial score (nSPS) is 15.5. The Morgan fingerprint density at radius 3 is 2.28 bits per heavy atom. The molecule has 0 unspecified atom stereocenters. The summed E-state index contributed by atoms with van der Waals surface area (Å²) < 4.78 is 15.9. The summed E-state index contributed by atoms with van der Waals surface area (Å²) in [7, 11) is 1.54. The van der Waals surface area contributed by atoms with Crippen LogP contribution in [0.25, 0.3) is 0 Å². The summed E-state index contributed by atoms with van der Waals surface area (Å²) in [4.78, 5) is 66.5. The molecule has 13 heteroatoms. The third-order valence-electron chi connectivity index (χ3n) is 7.17. The smallest absolute Gasteiger partial charge is 0.408 e. The third-order valence-corrected chi connectivity index (χ3v) is 7.17. The number of hydrogen-bond donors (Lipinski definition) is 3. The van der Waals surface area contributed by atoms with Crippen molar-refractivity contribution >= 4 is 30.0 Å². The molecule has 0 radical (unpaired) electrons. The van der Waals surface area contributed by atoms with Crippen LogP contribution in [0.4, 0.5) is 9.59 Å². The first-order chi connectivity index (χ1) is 21.9. The topological polar surface area (TPSA) is 164 Å². The highest BCUT2D eigenvalue weighted by Crippen LogP contribution is 2.21. The summed E-state index contributed by atoms with van der Waals surface area (Å²) in [6.07, 6.45) is -0.0757. The van der Waals surface area contributed by atoms with Crippen LogP contribution < -0.4 is 15.4 Å². The van der Waals surface area contributed by atoms with Gasteiger partial charge in [0.05, 0.1) is 7.11 Å². The summed E-state index contributed by atoms with van der Waals surface area (Å²) in [5, 5.41) is 14.7. The summed E-state index contributed by atoms with van der Waals surface area (Å²) >= 11 is 0. The number of amides is 4. The zero-order valence-electron chi connectivity index (χ0n) is 26.8. The second kappa shape index (κ2) is 17.0. The molecule has 13 nitrogen and oxygen atoms in total. The number of benzene rings is 2. The fourth-order valence-corrected chi connectivity index (χ4v) is 4.97. The highest BCUT2D eigenvalue weighted by Gasteiger charge is 2.40. The van der Waals surface area contributed by atoms with Crippen LogP contribution in [0.3, 0.4) is 0 Å².